The first-order valence-electron chi connectivity index (χ1n) is 8.33. The Bertz CT molecular complexity index is 1100. The second-order valence-electron chi connectivity index (χ2n) is 5.92. The molecule has 0 radical (unpaired) electrons. The molecule has 1 aromatic carbocycles. The molecule has 2 amide bonds. The summed E-state index contributed by atoms with van der Waals surface area (Å²) in [5.74, 6) is -2.41. The van der Waals surface area contributed by atoms with Gasteiger partial charge in [0.2, 0.25) is 0 Å². The molecule has 13 heteroatoms. The highest BCUT2D eigenvalue weighted by Crippen LogP contribution is 2.22. The van der Waals surface area contributed by atoms with Crippen LogP contribution in [-0.2, 0) is 24.7 Å². The van der Waals surface area contributed by atoms with Crippen LogP contribution in [0.15, 0.2) is 42.6 Å². The molecule has 0 spiro atoms. The van der Waals surface area contributed by atoms with Gasteiger partial charge in [-0.05, 0) is 24.3 Å². The number of para-hydroxylation sites is 1. The molecule has 0 unspecified atom stereocenters. The van der Waals surface area contributed by atoms with Crippen molar-refractivity contribution in [2.75, 3.05) is 9.84 Å². The number of imide groups is 1. The Balaban J connectivity index is 1.79. The van der Waals surface area contributed by atoms with Crippen LogP contribution in [-0.4, -0.2) is 47.1 Å². The molecule has 1 aliphatic rings. The Hall–Kier alpha value is -3.84. The average molecular weight is 434 g/mol. The zero-order valence-electron chi connectivity index (χ0n) is 15.1. The number of hydrogen-bond donors (Lipinski definition) is 2. The molecule has 12 nitrogen and oxygen atoms in total. The fourth-order valence-corrected chi connectivity index (χ4v) is 3.12. The Morgan fingerprint density at radius 1 is 1.17 bits per heavy atom. The predicted octanol–water partition coefficient (Wildman–Crippen LogP) is 0.751. The van der Waals surface area contributed by atoms with Crippen molar-refractivity contribution in [3.63, 3.8) is 0 Å². The number of hydrazine groups is 1. The molecule has 1 fully saturated rings. The van der Waals surface area contributed by atoms with Gasteiger partial charge < -0.3 is 4.84 Å². The minimum Gasteiger partial charge on any atom is -0.325 e. The molecule has 2 aromatic rings. The van der Waals surface area contributed by atoms with E-state index in [1.807, 2.05) is 0 Å². The fraction of sp³-hybridized carbons (Fsp3) is 0.118. The molecular formula is C17H14N4O8S. The maximum absolute atomic E-state index is 12.1. The third-order valence-electron chi connectivity index (χ3n) is 3.91. The van der Waals surface area contributed by atoms with Crippen molar-refractivity contribution in [3.8, 4) is 0 Å². The van der Waals surface area contributed by atoms with Gasteiger partial charge in [-0.3, -0.25) is 24.4 Å². The molecule has 2 N–H and O–H groups in total. The van der Waals surface area contributed by atoms with Crippen molar-refractivity contribution in [1.82, 2.24) is 10.0 Å². The lowest BCUT2D eigenvalue weighted by Gasteiger charge is -2.23. The van der Waals surface area contributed by atoms with Crippen LogP contribution in [0.2, 0.25) is 0 Å². The topological polar surface area (TPSA) is 163 Å². The number of carbonyl (C=O) groups is 4. The molecule has 0 aliphatic carbocycles. The van der Waals surface area contributed by atoms with Crippen LogP contribution >= 0.6 is 0 Å². The molecule has 1 aliphatic heterocycles. The number of hydroxylamine groups is 2. The molecular weight excluding hydrogens is 420 g/mol. The van der Waals surface area contributed by atoms with Gasteiger partial charge in [0.25, 0.3) is 11.8 Å². The summed E-state index contributed by atoms with van der Waals surface area (Å²) in [5, 5.41) is 0.380. The minimum atomic E-state index is -4.85. The zero-order chi connectivity index (χ0) is 21.9. The maximum Gasteiger partial charge on any atom is 0.377 e. The smallest absolute Gasteiger partial charge is 0.325 e. The summed E-state index contributed by atoms with van der Waals surface area (Å²) in [5.41, 5.74) is 2.01. The number of carbonyl (C=O) groups excluding carboxylic acids is 4. The van der Waals surface area contributed by atoms with E-state index in [0.717, 1.165) is 6.20 Å². The normalized spacial score (nSPS) is 13.8. The van der Waals surface area contributed by atoms with Gasteiger partial charge in [0.05, 0.1) is 11.3 Å². The lowest BCUT2D eigenvalue weighted by atomic mass is 10.2. The molecule has 0 atom stereocenters. The first-order valence-corrected chi connectivity index (χ1v) is 9.73. The molecule has 30 heavy (non-hydrogen) atoms. The number of aldehydes is 1. The van der Waals surface area contributed by atoms with Crippen molar-refractivity contribution in [2.45, 2.75) is 12.8 Å². The van der Waals surface area contributed by atoms with E-state index in [0.29, 0.717) is 15.8 Å². The molecule has 3 rings (SSSR count). The van der Waals surface area contributed by atoms with Crippen LogP contribution in [0.3, 0.4) is 0 Å². The number of amides is 2. The number of anilines is 2. The van der Waals surface area contributed by atoms with E-state index < -0.39 is 28.1 Å². The fourth-order valence-electron chi connectivity index (χ4n) is 2.49. The van der Waals surface area contributed by atoms with E-state index in [9.17, 15) is 32.1 Å². The minimum absolute atomic E-state index is 0.0252. The maximum atomic E-state index is 12.1. The van der Waals surface area contributed by atoms with E-state index >= 15 is 0 Å². The Morgan fingerprint density at radius 2 is 1.83 bits per heavy atom. The van der Waals surface area contributed by atoms with Crippen molar-refractivity contribution in [2.24, 2.45) is 0 Å². The lowest BCUT2D eigenvalue weighted by molar-refractivity contribution is -0.172. The van der Waals surface area contributed by atoms with Gasteiger partial charge in [-0.25, -0.2) is 9.78 Å². The highest BCUT2D eigenvalue weighted by Gasteiger charge is 2.33. The van der Waals surface area contributed by atoms with Gasteiger partial charge in [-0.1, -0.05) is 12.1 Å². The third-order valence-corrected chi connectivity index (χ3v) is 4.66. The SMILES string of the molecule is O=Cc1ccccc1N(Nc1ccc(C(=O)ON2C(=O)CCC2=O)cn1)S(=O)(=O)O. The lowest BCUT2D eigenvalue weighted by Crippen LogP contribution is -2.37. The van der Waals surface area contributed by atoms with E-state index in [4.69, 9.17) is 4.84 Å². The van der Waals surface area contributed by atoms with Gasteiger partial charge in [-0.15, -0.1) is 5.06 Å². The molecule has 0 saturated carbocycles. The van der Waals surface area contributed by atoms with E-state index in [2.05, 4.69) is 10.4 Å². The molecule has 156 valence electrons. The Kier molecular flexibility index (Phi) is 5.75. The molecule has 0 bridgehead atoms. The summed E-state index contributed by atoms with van der Waals surface area (Å²) >= 11 is 0. The summed E-state index contributed by atoms with van der Waals surface area (Å²) in [4.78, 5) is 54.8. The zero-order valence-corrected chi connectivity index (χ0v) is 15.9. The van der Waals surface area contributed by atoms with Crippen LogP contribution in [0.4, 0.5) is 11.5 Å². The second-order valence-corrected chi connectivity index (χ2v) is 7.18. The monoisotopic (exact) mass is 434 g/mol. The molecule has 1 aromatic heterocycles. The summed E-state index contributed by atoms with van der Waals surface area (Å²) < 4.78 is 33.4. The average Bonchev–Trinajstić information content (AvgIpc) is 3.03. The second kappa shape index (κ2) is 8.26. The predicted molar refractivity (Wildman–Crippen MR) is 100 cm³/mol. The number of pyridine rings is 1. The van der Waals surface area contributed by atoms with E-state index in [1.165, 1.54) is 36.4 Å². The van der Waals surface area contributed by atoms with Crippen molar-refractivity contribution in [1.29, 1.82) is 0 Å². The first-order chi connectivity index (χ1) is 14.2. The number of rotatable bonds is 7. The van der Waals surface area contributed by atoms with Crippen molar-refractivity contribution >= 4 is 45.9 Å². The number of nitrogens with one attached hydrogen (secondary N) is 1. The van der Waals surface area contributed by atoms with Gasteiger partial charge in [-0.2, -0.15) is 12.8 Å². The van der Waals surface area contributed by atoms with Gasteiger partial charge in [0.1, 0.15) is 5.82 Å². The third kappa shape index (κ3) is 4.42. The van der Waals surface area contributed by atoms with E-state index in [1.54, 1.807) is 0 Å². The van der Waals surface area contributed by atoms with Crippen LogP contribution in [0.1, 0.15) is 33.6 Å². The standard InChI is InChI=1S/C17H14N4O8S/c22-10-12-3-1-2-4-13(12)21(30(26,27)28)19-14-6-5-11(9-18-14)17(25)29-20-15(23)7-8-16(20)24/h1-6,9-10H,7-8H2,(H,18,19)(H,26,27,28). The number of hydrogen-bond acceptors (Lipinski definition) is 9. The molecule has 1 saturated heterocycles. The van der Waals surface area contributed by atoms with Crippen LogP contribution in [0.25, 0.3) is 0 Å². The van der Waals surface area contributed by atoms with Crippen molar-refractivity contribution < 1.29 is 37.0 Å². The number of benzene rings is 1. The Morgan fingerprint density at radius 3 is 2.40 bits per heavy atom. The summed E-state index contributed by atoms with van der Waals surface area (Å²) in [6.45, 7) is 0. The summed E-state index contributed by atoms with van der Waals surface area (Å²) in [7, 11) is -4.85. The summed E-state index contributed by atoms with van der Waals surface area (Å²) in [6.07, 6.45) is 1.30. The quantitative estimate of drug-likeness (QED) is 0.275. The van der Waals surface area contributed by atoms with Crippen LogP contribution in [0, 0.1) is 0 Å². The van der Waals surface area contributed by atoms with Crippen LogP contribution in [0.5, 0.6) is 0 Å². The summed E-state index contributed by atoms with van der Waals surface area (Å²) in [6, 6.07) is 7.96. The van der Waals surface area contributed by atoms with E-state index in [-0.39, 0.29) is 35.5 Å². The van der Waals surface area contributed by atoms with Gasteiger partial charge >= 0.3 is 16.3 Å². The molecule has 2 heterocycles. The highest BCUT2D eigenvalue weighted by molar-refractivity contribution is 7.87. The van der Waals surface area contributed by atoms with Crippen LogP contribution < -0.4 is 9.84 Å². The number of aromatic nitrogens is 1. The van der Waals surface area contributed by atoms with Gasteiger partial charge in [0, 0.05) is 24.6 Å². The first kappa shape index (κ1) is 20.9. The Labute approximate surface area is 169 Å². The number of nitrogens with zero attached hydrogens (tertiary/aromatic N) is 3. The highest BCUT2D eigenvalue weighted by atomic mass is 32.2. The van der Waals surface area contributed by atoms with Crippen molar-refractivity contribution in [3.05, 3.63) is 53.7 Å². The largest absolute Gasteiger partial charge is 0.377 e. The van der Waals surface area contributed by atoms with Gasteiger partial charge in [0.15, 0.2) is 6.29 Å².